The number of aromatic nitrogens is 2. The number of alkyl halides is 3. The summed E-state index contributed by atoms with van der Waals surface area (Å²) in [5.41, 5.74) is 0. The van der Waals surface area contributed by atoms with E-state index in [0.29, 0.717) is 32.0 Å². The Labute approximate surface area is 128 Å². The van der Waals surface area contributed by atoms with Crippen molar-refractivity contribution in [2.45, 2.75) is 6.18 Å². The summed E-state index contributed by atoms with van der Waals surface area (Å²) in [4.78, 5) is 12.6. The normalized spacial score (nSPS) is 17.6. The number of anilines is 1. The van der Waals surface area contributed by atoms with E-state index in [0.717, 1.165) is 10.2 Å². The molecular formula is C12H12ClF3N4S. The molecule has 3 rings (SSSR count). The lowest BCUT2D eigenvalue weighted by molar-refractivity contribution is -0.146. The van der Waals surface area contributed by atoms with Crippen LogP contribution < -0.4 is 4.90 Å². The van der Waals surface area contributed by atoms with Gasteiger partial charge in [-0.2, -0.15) is 18.2 Å². The van der Waals surface area contributed by atoms with E-state index < -0.39 is 12.7 Å². The van der Waals surface area contributed by atoms with E-state index >= 15 is 0 Å². The third-order valence-corrected chi connectivity index (χ3v) is 4.33. The molecule has 9 heteroatoms. The summed E-state index contributed by atoms with van der Waals surface area (Å²) in [5, 5.41) is 2.96. The minimum Gasteiger partial charge on any atom is -0.353 e. The van der Waals surface area contributed by atoms with Gasteiger partial charge in [0, 0.05) is 26.2 Å². The Balaban J connectivity index is 1.75. The summed E-state index contributed by atoms with van der Waals surface area (Å²) in [7, 11) is 0. The van der Waals surface area contributed by atoms with E-state index in [1.54, 1.807) is 0 Å². The third-order valence-electron chi connectivity index (χ3n) is 3.35. The van der Waals surface area contributed by atoms with Gasteiger partial charge in [0.1, 0.15) is 10.6 Å². The molecule has 0 bridgehead atoms. The number of hydrogen-bond acceptors (Lipinski definition) is 5. The minimum absolute atomic E-state index is 0.165. The quantitative estimate of drug-likeness (QED) is 0.789. The van der Waals surface area contributed by atoms with Crippen molar-refractivity contribution < 1.29 is 13.2 Å². The maximum absolute atomic E-state index is 12.4. The Hall–Kier alpha value is -1.12. The second-order valence-corrected chi connectivity index (χ2v) is 6.07. The molecule has 0 aliphatic carbocycles. The summed E-state index contributed by atoms with van der Waals surface area (Å²) in [6.07, 6.45) is -4.15. The maximum atomic E-state index is 12.4. The molecule has 2 aromatic rings. The monoisotopic (exact) mass is 336 g/mol. The highest BCUT2D eigenvalue weighted by atomic mass is 35.5. The molecule has 0 N–H and O–H groups in total. The van der Waals surface area contributed by atoms with Gasteiger partial charge in [-0.1, -0.05) is 0 Å². The van der Waals surface area contributed by atoms with E-state index in [9.17, 15) is 13.2 Å². The van der Waals surface area contributed by atoms with Gasteiger partial charge in [0.05, 0.1) is 11.9 Å². The Bertz CT molecular complexity index is 637. The number of hydrogen-bond donors (Lipinski definition) is 0. The van der Waals surface area contributed by atoms with Crippen LogP contribution in [0.15, 0.2) is 11.4 Å². The Morgan fingerprint density at radius 2 is 1.90 bits per heavy atom. The standard InChI is InChI=1S/C12H12ClF3N4S/c13-11-17-9(8-1-6-21-10(8)18-11)20-4-2-19(3-5-20)7-12(14,15)16/h1,6H,2-5,7H2. The van der Waals surface area contributed by atoms with Crippen molar-refractivity contribution in [2.24, 2.45) is 0 Å². The van der Waals surface area contributed by atoms with Gasteiger partial charge in [-0.05, 0) is 23.0 Å². The van der Waals surface area contributed by atoms with Crippen molar-refractivity contribution in [1.29, 1.82) is 0 Å². The van der Waals surface area contributed by atoms with Gasteiger partial charge in [0.2, 0.25) is 5.28 Å². The second kappa shape index (κ2) is 5.58. The van der Waals surface area contributed by atoms with Crippen LogP contribution in [0, 0.1) is 0 Å². The van der Waals surface area contributed by atoms with Crippen molar-refractivity contribution in [3.8, 4) is 0 Å². The molecule has 1 fully saturated rings. The van der Waals surface area contributed by atoms with Crippen LogP contribution in [-0.2, 0) is 0 Å². The molecule has 4 nitrogen and oxygen atoms in total. The highest BCUT2D eigenvalue weighted by Crippen LogP contribution is 2.30. The molecule has 1 aliphatic heterocycles. The second-order valence-electron chi connectivity index (χ2n) is 4.83. The maximum Gasteiger partial charge on any atom is 0.401 e. The van der Waals surface area contributed by atoms with Crippen LogP contribution in [0.2, 0.25) is 5.28 Å². The first-order chi connectivity index (χ1) is 9.92. The summed E-state index contributed by atoms with van der Waals surface area (Å²) in [5.74, 6) is 0.706. The van der Waals surface area contributed by atoms with Crippen LogP contribution in [0.4, 0.5) is 19.0 Å². The lowest BCUT2D eigenvalue weighted by atomic mass is 10.2. The fraction of sp³-hybridized carbons (Fsp3) is 0.500. The molecular weight excluding hydrogens is 325 g/mol. The predicted octanol–water partition coefficient (Wildman–Crippen LogP) is 3.03. The number of fused-ring (bicyclic) bond motifs is 1. The molecule has 0 saturated carbocycles. The summed E-state index contributed by atoms with van der Waals surface area (Å²) < 4.78 is 37.2. The van der Waals surface area contributed by atoms with Crippen LogP contribution in [0.5, 0.6) is 0 Å². The molecule has 21 heavy (non-hydrogen) atoms. The number of piperazine rings is 1. The third kappa shape index (κ3) is 3.38. The number of nitrogens with zero attached hydrogens (tertiary/aromatic N) is 4. The fourth-order valence-electron chi connectivity index (χ4n) is 2.43. The summed E-state index contributed by atoms with van der Waals surface area (Å²) in [6, 6.07) is 1.91. The highest BCUT2D eigenvalue weighted by molar-refractivity contribution is 7.16. The summed E-state index contributed by atoms with van der Waals surface area (Å²) in [6.45, 7) is 0.835. The molecule has 1 aliphatic rings. The zero-order chi connectivity index (χ0) is 15.0. The molecule has 0 atom stereocenters. The average molecular weight is 337 g/mol. The van der Waals surface area contributed by atoms with Gasteiger partial charge in [0.15, 0.2) is 0 Å². The molecule has 1 saturated heterocycles. The zero-order valence-corrected chi connectivity index (χ0v) is 12.5. The molecule has 0 amide bonds. The number of halogens is 4. The molecule has 0 aromatic carbocycles. The molecule has 114 valence electrons. The van der Waals surface area contributed by atoms with Gasteiger partial charge in [-0.25, -0.2) is 4.98 Å². The van der Waals surface area contributed by atoms with Gasteiger partial charge in [-0.3, -0.25) is 4.90 Å². The molecule has 0 radical (unpaired) electrons. The largest absolute Gasteiger partial charge is 0.401 e. The predicted molar refractivity (Wildman–Crippen MR) is 77.1 cm³/mol. The summed E-state index contributed by atoms with van der Waals surface area (Å²) >= 11 is 7.38. The first-order valence-electron chi connectivity index (χ1n) is 6.37. The average Bonchev–Trinajstić information content (AvgIpc) is 2.85. The van der Waals surface area contributed by atoms with E-state index in [-0.39, 0.29) is 5.28 Å². The van der Waals surface area contributed by atoms with Gasteiger partial charge < -0.3 is 4.90 Å². The highest BCUT2D eigenvalue weighted by Gasteiger charge is 2.32. The SMILES string of the molecule is FC(F)(F)CN1CCN(c2nc(Cl)nc3sccc23)CC1. The Morgan fingerprint density at radius 1 is 1.19 bits per heavy atom. The molecule has 0 spiro atoms. The minimum atomic E-state index is -4.15. The van der Waals surface area contributed by atoms with Gasteiger partial charge >= 0.3 is 6.18 Å². The van der Waals surface area contributed by atoms with Crippen LogP contribution in [0.1, 0.15) is 0 Å². The van der Waals surface area contributed by atoms with Crippen molar-refractivity contribution >= 4 is 39.0 Å². The van der Waals surface area contributed by atoms with Gasteiger partial charge in [-0.15, -0.1) is 11.3 Å². The number of thiophene rings is 1. The van der Waals surface area contributed by atoms with Crippen molar-refractivity contribution in [3.05, 3.63) is 16.7 Å². The van der Waals surface area contributed by atoms with Crippen molar-refractivity contribution in [2.75, 3.05) is 37.6 Å². The molecule has 0 unspecified atom stereocenters. The fourth-order valence-corrected chi connectivity index (χ4v) is 3.40. The van der Waals surface area contributed by atoms with Crippen molar-refractivity contribution in [3.63, 3.8) is 0 Å². The molecule has 2 aromatic heterocycles. The van der Waals surface area contributed by atoms with E-state index in [1.807, 2.05) is 16.3 Å². The Morgan fingerprint density at radius 3 is 2.57 bits per heavy atom. The van der Waals surface area contributed by atoms with Crippen LogP contribution in [-0.4, -0.2) is 53.8 Å². The lowest BCUT2D eigenvalue weighted by Crippen LogP contribution is -2.49. The van der Waals surface area contributed by atoms with Crippen molar-refractivity contribution in [1.82, 2.24) is 14.9 Å². The first-order valence-corrected chi connectivity index (χ1v) is 7.63. The van der Waals surface area contributed by atoms with Gasteiger partial charge in [0.25, 0.3) is 0 Å². The van der Waals surface area contributed by atoms with Crippen LogP contribution >= 0.6 is 22.9 Å². The smallest absolute Gasteiger partial charge is 0.353 e. The number of rotatable bonds is 2. The zero-order valence-electron chi connectivity index (χ0n) is 10.9. The topological polar surface area (TPSA) is 32.3 Å². The molecule has 3 heterocycles. The lowest BCUT2D eigenvalue weighted by Gasteiger charge is -2.35. The first kappa shape index (κ1) is 14.8. The van der Waals surface area contributed by atoms with Crippen LogP contribution in [0.3, 0.4) is 0 Å². The Kier molecular flexibility index (Phi) is 3.94. The van der Waals surface area contributed by atoms with E-state index in [2.05, 4.69) is 9.97 Å². The van der Waals surface area contributed by atoms with Crippen LogP contribution in [0.25, 0.3) is 10.2 Å². The van der Waals surface area contributed by atoms with E-state index in [4.69, 9.17) is 11.6 Å². The van der Waals surface area contributed by atoms with E-state index in [1.165, 1.54) is 16.2 Å².